The van der Waals surface area contributed by atoms with Gasteiger partial charge in [-0.2, -0.15) is 5.26 Å². The van der Waals surface area contributed by atoms with Gasteiger partial charge in [-0.3, -0.25) is 0 Å². The van der Waals surface area contributed by atoms with Gasteiger partial charge in [-0.1, -0.05) is 11.3 Å². The average Bonchev–Trinajstić information content (AvgIpc) is 2.76. The summed E-state index contributed by atoms with van der Waals surface area (Å²) in [6.07, 6.45) is 1.57. The third kappa shape index (κ3) is 1.86. The number of rotatable bonds is 2. The number of hydrogen-bond donors (Lipinski definition) is 1. The molecular weight excluding hydrogens is 202 g/mol. The van der Waals surface area contributed by atoms with Crippen LogP contribution in [0.3, 0.4) is 0 Å². The van der Waals surface area contributed by atoms with Crippen molar-refractivity contribution in [3.8, 4) is 6.07 Å². The maximum atomic E-state index is 8.57. The van der Waals surface area contributed by atoms with Crippen molar-refractivity contribution in [3.63, 3.8) is 0 Å². The lowest BCUT2D eigenvalue weighted by Gasteiger charge is -1.94. The highest BCUT2D eigenvalue weighted by Gasteiger charge is 2.00. The maximum Gasteiger partial charge on any atom is 0.188 e. The molecule has 2 rings (SSSR count). The smallest absolute Gasteiger partial charge is 0.188 e. The van der Waals surface area contributed by atoms with Gasteiger partial charge in [0.25, 0.3) is 0 Å². The van der Waals surface area contributed by atoms with Crippen molar-refractivity contribution in [2.75, 3.05) is 5.32 Å². The lowest BCUT2D eigenvalue weighted by atomic mass is 10.6. The Morgan fingerprint density at radius 1 is 1.54 bits per heavy atom. The van der Waals surface area contributed by atoms with Crippen LogP contribution in [0.5, 0.6) is 0 Å². The second kappa shape index (κ2) is 3.56. The van der Waals surface area contributed by atoms with Crippen molar-refractivity contribution in [1.29, 1.82) is 5.26 Å². The molecule has 0 aliphatic rings. The third-order valence-electron chi connectivity index (χ3n) is 1.37. The first-order chi connectivity index (χ1) is 6.38. The van der Waals surface area contributed by atoms with Gasteiger partial charge in [-0.25, -0.2) is 4.98 Å². The molecule has 1 N–H and O–H groups in total. The Kier molecular flexibility index (Phi) is 2.25. The number of thiazole rings is 1. The normalized spacial score (nSPS) is 9.46. The molecule has 0 spiro atoms. The first-order valence-corrected chi connectivity index (χ1v) is 5.24. The number of nitrogens with one attached hydrogen (secondary N) is 1. The van der Waals surface area contributed by atoms with Gasteiger partial charge in [0.05, 0.1) is 11.2 Å². The van der Waals surface area contributed by atoms with E-state index in [2.05, 4.69) is 10.3 Å². The molecule has 0 fully saturated rings. The summed E-state index contributed by atoms with van der Waals surface area (Å²) in [6, 6.07) is 5.98. The van der Waals surface area contributed by atoms with E-state index >= 15 is 0 Å². The SMILES string of the molecule is N#Cc1cnc(Nc2cccs2)s1. The van der Waals surface area contributed by atoms with Gasteiger partial charge >= 0.3 is 0 Å². The number of thiophene rings is 1. The molecule has 0 atom stereocenters. The molecule has 3 nitrogen and oxygen atoms in total. The van der Waals surface area contributed by atoms with E-state index in [0.717, 1.165) is 10.1 Å². The van der Waals surface area contributed by atoms with Crippen LogP contribution in [0.25, 0.3) is 0 Å². The fourth-order valence-electron chi connectivity index (χ4n) is 0.839. The Bertz CT molecular complexity index is 424. The standard InChI is InChI=1S/C8H5N3S2/c9-4-6-5-10-8(13-6)11-7-2-1-3-12-7/h1-3,5H,(H,10,11). The van der Waals surface area contributed by atoms with Crippen LogP contribution in [-0.4, -0.2) is 4.98 Å². The van der Waals surface area contributed by atoms with E-state index < -0.39 is 0 Å². The van der Waals surface area contributed by atoms with E-state index in [1.54, 1.807) is 17.5 Å². The number of aromatic nitrogens is 1. The number of nitrogens with zero attached hydrogens (tertiary/aromatic N) is 2. The quantitative estimate of drug-likeness (QED) is 0.823. The molecule has 2 aromatic rings. The van der Waals surface area contributed by atoms with Gasteiger partial charge in [-0.05, 0) is 17.5 Å². The van der Waals surface area contributed by atoms with E-state index in [0.29, 0.717) is 4.88 Å². The first-order valence-electron chi connectivity index (χ1n) is 3.55. The zero-order valence-corrected chi connectivity index (χ0v) is 8.15. The molecular formula is C8H5N3S2. The molecule has 0 saturated carbocycles. The highest BCUT2D eigenvalue weighted by molar-refractivity contribution is 7.17. The molecule has 0 unspecified atom stereocenters. The summed E-state index contributed by atoms with van der Waals surface area (Å²) < 4.78 is 0. The zero-order chi connectivity index (χ0) is 9.10. The van der Waals surface area contributed by atoms with Crippen molar-refractivity contribution in [2.24, 2.45) is 0 Å². The summed E-state index contributed by atoms with van der Waals surface area (Å²) in [6.45, 7) is 0. The Balaban J connectivity index is 2.15. The van der Waals surface area contributed by atoms with Gasteiger partial charge in [0, 0.05) is 0 Å². The topological polar surface area (TPSA) is 48.7 Å². The molecule has 2 aromatic heterocycles. The summed E-state index contributed by atoms with van der Waals surface area (Å²) in [5.74, 6) is 0. The van der Waals surface area contributed by atoms with Crippen molar-refractivity contribution < 1.29 is 0 Å². The van der Waals surface area contributed by atoms with Crippen molar-refractivity contribution in [3.05, 3.63) is 28.6 Å². The highest BCUT2D eigenvalue weighted by atomic mass is 32.1. The zero-order valence-electron chi connectivity index (χ0n) is 6.52. The Morgan fingerprint density at radius 3 is 3.08 bits per heavy atom. The minimum absolute atomic E-state index is 0.624. The van der Waals surface area contributed by atoms with Crippen LogP contribution < -0.4 is 5.32 Å². The molecule has 0 amide bonds. The highest BCUT2D eigenvalue weighted by Crippen LogP contribution is 2.24. The van der Waals surface area contributed by atoms with Gasteiger partial charge in [0.1, 0.15) is 10.9 Å². The maximum absolute atomic E-state index is 8.57. The Morgan fingerprint density at radius 2 is 2.46 bits per heavy atom. The second-order valence-corrected chi connectivity index (χ2v) is 4.22. The lowest BCUT2D eigenvalue weighted by molar-refractivity contribution is 1.39. The van der Waals surface area contributed by atoms with E-state index in [4.69, 9.17) is 5.26 Å². The summed E-state index contributed by atoms with van der Waals surface area (Å²) in [7, 11) is 0. The summed E-state index contributed by atoms with van der Waals surface area (Å²) >= 11 is 2.96. The minimum Gasteiger partial charge on any atom is -0.323 e. The fraction of sp³-hybridized carbons (Fsp3) is 0. The fourth-order valence-corrected chi connectivity index (χ4v) is 2.15. The van der Waals surface area contributed by atoms with E-state index in [-0.39, 0.29) is 0 Å². The number of nitriles is 1. The van der Waals surface area contributed by atoms with Gasteiger partial charge in [0.15, 0.2) is 5.13 Å². The van der Waals surface area contributed by atoms with Crippen LogP contribution in [0, 0.1) is 11.3 Å². The van der Waals surface area contributed by atoms with Crippen molar-refractivity contribution in [1.82, 2.24) is 4.98 Å². The Hall–Kier alpha value is -1.38. The van der Waals surface area contributed by atoms with Crippen LogP contribution in [0.4, 0.5) is 10.1 Å². The number of hydrogen-bond acceptors (Lipinski definition) is 5. The summed E-state index contributed by atoms with van der Waals surface area (Å²) in [5, 5.41) is 15.5. The third-order valence-corrected chi connectivity index (χ3v) is 2.97. The molecule has 0 aliphatic carbocycles. The lowest BCUT2D eigenvalue weighted by Crippen LogP contribution is -1.83. The number of anilines is 2. The predicted molar refractivity (Wildman–Crippen MR) is 54.4 cm³/mol. The monoisotopic (exact) mass is 207 g/mol. The van der Waals surface area contributed by atoms with E-state index in [1.807, 2.05) is 23.6 Å². The Labute approximate surface area is 83.3 Å². The van der Waals surface area contributed by atoms with Crippen LogP contribution in [0.1, 0.15) is 4.88 Å². The van der Waals surface area contributed by atoms with Crippen molar-refractivity contribution >= 4 is 32.8 Å². The molecule has 0 bridgehead atoms. The summed E-state index contributed by atoms with van der Waals surface area (Å²) in [5.41, 5.74) is 0. The van der Waals surface area contributed by atoms with Gasteiger partial charge in [-0.15, -0.1) is 11.3 Å². The molecule has 13 heavy (non-hydrogen) atoms. The predicted octanol–water partition coefficient (Wildman–Crippen LogP) is 2.82. The molecule has 0 saturated heterocycles. The molecule has 5 heteroatoms. The van der Waals surface area contributed by atoms with Crippen LogP contribution in [0.15, 0.2) is 23.7 Å². The van der Waals surface area contributed by atoms with E-state index in [1.165, 1.54) is 11.3 Å². The van der Waals surface area contributed by atoms with Crippen LogP contribution in [-0.2, 0) is 0 Å². The second-order valence-electron chi connectivity index (χ2n) is 2.24. The largest absolute Gasteiger partial charge is 0.323 e. The van der Waals surface area contributed by atoms with Crippen molar-refractivity contribution in [2.45, 2.75) is 0 Å². The molecule has 0 aliphatic heterocycles. The minimum atomic E-state index is 0.624. The first kappa shape index (κ1) is 8.23. The van der Waals surface area contributed by atoms with Crippen LogP contribution in [0.2, 0.25) is 0 Å². The van der Waals surface area contributed by atoms with E-state index in [9.17, 15) is 0 Å². The molecule has 64 valence electrons. The van der Waals surface area contributed by atoms with Gasteiger partial charge < -0.3 is 5.32 Å². The molecule has 2 heterocycles. The molecule has 0 radical (unpaired) electrons. The van der Waals surface area contributed by atoms with Crippen LogP contribution >= 0.6 is 22.7 Å². The summed E-state index contributed by atoms with van der Waals surface area (Å²) in [4.78, 5) is 4.68. The van der Waals surface area contributed by atoms with Gasteiger partial charge in [0.2, 0.25) is 0 Å². The average molecular weight is 207 g/mol. The molecule has 0 aromatic carbocycles.